The van der Waals surface area contributed by atoms with Crippen LogP contribution in [0.25, 0.3) is 11.3 Å². The van der Waals surface area contributed by atoms with E-state index in [9.17, 15) is 4.79 Å². The van der Waals surface area contributed by atoms with Crippen LogP contribution < -0.4 is 0 Å². The third kappa shape index (κ3) is 2.50. The number of rotatable bonds is 2. The van der Waals surface area contributed by atoms with Gasteiger partial charge in [0.1, 0.15) is 0 Å². The molecule has 0 saturated carbocycles. The Labute approximate surface area is 124 Å². The van der Waals surface area contributed by atoms with Crippen LogP contribution in [-0.2, 0) is 4.79 Å². The molecule has 1 aliphatic rings. The van der Waals surface area contributed by atoms with Gasteiger partial charge >= 0.3 is 0 Å². The Bertz CT molecular complexity index is 749. The van der Waals surface area contributed by atoms with Crippen molar-refractivity contribution < 1.29 is 4.79 Å². The van der Waals surface area contributed by atoms with Crippen molar-refractivity contribution in [3.05, 3.63) is 46.2 Å². The van der Waals surface area contributed by atoms with Gasteiger partial charge in [-0.15, -0.1) is 5.10 Å². The zero-order valence-corrected chi connectivity index (χ0v) is 11.6. The molecule has 100 valence electrons. The second-order valence-corrected chi connectivity index (χ2v) is 4.99. The Hall–Kier alpha value is -1.98. The van der Waals surface area contributed by atoms with Gasteiger partial charge < -0.3 is 0 Å². The second kappa shape index (κ2) is 5.19. The van der Waals surface area contributed by atoms with E-state index in [0.29, 0.717) is 16.6 Å². The Morgan fingerprint density at radius 1 is 1.25 bits per heavy atom. The average molecular weight is 307 g/mol. The Morgan fingerprint density at radius 3 is 2.80 bits per heavy atom. The summed E-state index contributed by atoms with van der Waals surface area (Å²) < 4.78 is 1.55. The summed E-state index contributed by atoms with van der Waals surface area (Å²) in [5.74, 6) is -0.284. The zero-order valence-electron chi connectivity index (χ0n) is 10.1. The number of aliphatic imine (C=N–C) groups is 1. The molecule has 0 unspecified atom stereocenters. The van der Waals surface area contributed by atoms with Crippen molar-refractivity contribution in [3.8, 4) is 5.69 Å². The zero-order chi connectivity index (χ0) is 14.1. The van der Waals surface area contributed by atoms with Gasteiger partial charge in [0.2, 0.25) is 0 Å². The molecule has 3 rings (SSSR count). The van der Waals surface area contributed by atoms with Crippen LogP contribution in [0.3, 0.4) is 0 Å². The highest BCUT2D eigenvalue weighted by Crippen LogP contribution is 2.29. The van der Waals surface area contributed by atoms with Crippen LogP contribution in [0.5, 0.6) is 0 Å². The minimum absolute atomic E-state index is 0.284. The number of benzene rings is 1. The number of nitrogens with zero attached hydrogens (tertiary/aromatic N) is 4. The molecule has 20 heavy (non-hydrogen) atoms. The molecule has 2 heterocycles. The molecule has 0 spiro atoms. The van der Waals surface area contributed by atoms with Gasteiger partial charge in [0.15, 0.2) is 5.15 Å². The lowest BCUT2D eigenvalue weighted by atomic mass is 9.99. The maximum atomic E-state index is 11.4. The van der Waals surface area contributed by atoms with Crippen molar-refractivity contribution in [2.45, 2.75) is 6.42 Å². The summed E-state index contributed by atoms with van der Waals surface area (Å²) >= 11 is 11.8. The smallest absolute Gasteiger partial charge is 0.267 e. The number of allylic oxidation sites excluding steroid dienone is 1. The van der Waals surface area contributed by atoms with Gasteiger partial charge in [-0.25, -0.2) is 9.67 Å². The van der Waals surface area contributed by atoms with E-state index in [4.69, 9.17) is 23.2 Å². The van der Waals surface area contributed by atoms with Gasteiger partial charge in [-0.05, 0) is 23.8 Å². The molecule has 0 atom stereocenters. The highest BCUT2D eigenvalue weighted by atomic mass is 35.5. The van der Waals surface area contributed by atoms with E-state index in [-0.39, 0.29) is 5.91 Å². The second-order valence-electron chi connectivity index (χ2n) is 4.17. The number of carbonyl (C=O) groups excluding carboxylic acids is 1. The average Bonchev–Trinajstić information content (AvgIpc) is 2.85. The fourth-order valence-electron chi connectivity index (χ4n) is 1.99. The first-order valence-electron chi connectivity index (χ1n) is 5.79. The maximum absolute atomic E-state index is 11.4. The lowest BCUT2D eigenvalue weighted by Crippen LogP contribution is -2.04. The van der Waals surface area contributed by atoms with Crippen LogP contribution in [0, 0.1) is 0 Å². The molecule has 1 aromatic carbocycles. The third-order valence-corrected chi connectivity index (χ3v) is 3.25. The molecule has 0 aliphatic carbocycles. The molecule has 1 amide bonds. The van der Waals surface area contributed by atoms with Crippen molar-refractivity contribution in [2.24, 2.45) is 4.99 Å². The van der Waals surface area contributed by atoms with E-state index in [1.165, 1.54) is 6.08 Å². The molecule has 5 nitrogen and oxygen atoms in total. The highest BCUT2D eigenvalue weighted by Gasteiger charge is 2.14. The number of amides is 1. The predicted molar refractivity (Wildman–Crippen MR) is 77.5 cm³/mol. The normalized spacial score (nSPS) is 14.5. The maximum Gasteiger partial charge on any atom is 0.269 e. The van der Waals surface area contributed by atoms with Gasteiger partial charge in [0, 0.05) is 29.3 Å². The van der Waals surface area contributed by atoms with Gasteiger partial charge in [-0.1, -0.05) is 28.4 Å². The van der Waals surface area contributed by atoms with Crippen LogP contribution >= 0.6 is 23.2 Å². The largest absolute Gasteiger partial charge is 0.269 e. The summed E-state index contributed by atoms with van der Waals surface area (Å²) in [6, 6.07) is 5.33. The van der Waals surface area contributed by atoms with Gasteiger partial charge in [0.25, 0.3) is 5.91 Å². The fraction of sp³-hybridized carbons (Fsp3) is 0.0769. The van der Waals surface area contributed by atoms with Crippen molar-refractivity contribution in [1.29, 1.82) is 0 Å². The SMILES string of the molecule is O=C1C=C(c2cc(Cl)ccc2-n2cc(Cl)nn2)CC=N1. The molecular weight excluding hydrogens is 299 g/mol. The minimum Gasteiger partial charge on any atom is -0.267 e. The van der Waals surface area contributed by atoms with Crippen LogP contribution in [-0.4, -0.2) is 27.1 Å². The number of carbonyl (C=O) groups is 1. The third-order valence-electron chi connectivity index (χ3n) is 2.84. The molecule has 0 bridgehead atoms. The summed E-state index contributed by atoms with van der Waals surface area (Å²) in [5, 5.41) is 8.55. The Balaban J connectivity index is 2.14. The predicted octanol–water partition coefficient (Wildman–Crippen LogP) is 2.96. The van der Waals surface area contributed by atoms with Crippen molar-refractivity contribution in [3.63, 3.8) is 0 Å². The van der Waals surface area contributed by atoms with Crippen LogP contribution in [0.15, 0.2) is 35.5 Å². The fourth-order valence-corrected chi connectivity index (χ4v) is 2.29. The lowest BCUT2D eigenvalue weighted by Gasteiger charge is -2.13. The van der Waals surface area contributed by atoms with Crippen LogP contribution in [0.1, 0.15) is 12.0 Å². The van der Waals surface area contributed by atoms with E-state index >= 15 is 0 Å². The van der Waals surface area contributed by atoms with Crippen molar-refractivity contribution in [2.75, 3.05) is 0 Å². The van der Waals surface area contributed by atoms with E-state index in [1.807, 2.05) is 0 Å². The monoisotopic (exact) mass is 306 g/mol. The van der Waals surface area contributed by atoms with Gasteiger partial charge in [-0.2, -0.15) is 0 Å². The Kier molecular flexibility index (Phi) is 3.38. The first-order chi connectivity index (χ1) is 9.63. The summed E-state index contributed by atoms with van der Waals surface area (Å²) in [6.07, 6.45) is 5.22. The quantitative estimate of drug-likeness (QED) is 0.857. The number of hydrogen-bond acceptors (Lipinski definition) is 3. The first-order valence-corrected chi connectivity index (χ1v) is 6.54. The van der Waals surface area contributed by atoms with Crippen LogP contribution in [0.4, 0.5) is 0 Å². The van der Waals surface area contributed by atoms with Gasteiger partial charge in [-0.3, -0.25) is 4.79 Å². The van der Waals surface area contributed by atoms with Crippen molar-refractivity contribution in [1.82, 2.24) is 15.0 Å². The standard InChI is InChI=1S/C13H8Cl2N4O/c14-9-1-2-11(19-7-12(15)17-18-19)10(6-9)8-3-4-16-13(20)5-8/h1-2,4-7H,3H2. The van der Waals surface area contributed by atoms with Crippen molar-refractivity contribution >= 4 is 40.9 Å². The molecule has 0 radical (unpaired) electrons. The number of hydrogen-bond donors (Lipinski definition) is 0. The Morgan fingerprint density at radius 2 is 2.10 bits per heavy atom. The molecule has 0 N–H and O–H groups in total. The van der Waals surface area contributed by atoms with Crippen LogP contribution in [0.2, 0.25) is 10.2 Å². The number of dihydropyridines is 1. The molecule has 1 aromatic heterocycles. The lowest BCUT2D eigenvalue weighted by molar-refractivity contribution is -0.113. The molecule has 0 saturated heterocycles. The van der Waals surface area contributed by atoms with E-state index < -0.39 is 0 Å². The van der Waals surface area contributed by atoms with E-state index in [0.717, 1.165) is 16.8 Å². The van der Waals surface area contributed by atoms with Gasteiger partial charge in [0.05, 0.1) is 11.9 Å². The van der Waals surface area contributed by atoms with E-state index in [1.54, 1.807) is 35.3 Å². The number of aromatic nitrogens is 3. The first kappa shape index (κ1) is 13.0. The molecule has 0 fully saturated rings. The molecule has 2 aromatic rings. The summed E-state index contributed by atoms with van der Waals surface area (Å²) in [5.41, 5.74) is 2.39. The summed E-state index contributed by atoms with van der Waals surface area (Å²) in [6.45, 7) is 0. The summed E-state index contributed by atoms with van der Waals surface area (Å²) in [7, 11) is 0. The number of halogens is 2. The molecule has 7 heteroatoms. The molecule has 1 aliphatic heterocycles. The minimum atomic E-state index is -0.284. The molecular formula is C13H8Cl2N4O. The highest BCUT2D eigenvalue weighted by molar-refractivity contribution is 6.31. The topological polar surface area (TPSA) is 60.1 Å². The summed E-state index contributed by atoms with van der Waals surface area (Å²) in [4.78, 5) is 15.1. The van der Waals surface area contributed by atoms with E-state index in [2.05, 4.69) is 15.3 Å².